The lowest BCUT2D eigenvalue weighted by Gasteiger charge is -2.60. The number of hydrogen-bond acceptors (Lipinski definition) is 1. The molecule has 1 heteroatoms. The Kier molecular flexibility index (Phi) is 1.39. The first-order chi connectivity index (χ1) is 5.84. The van der Waals surface area contributed by atoms with Gasteiger partial charge in [0, 0.05) is 6.54 Å². The van der Waals surface area contributed by atoms with Crippen molar-refractivity contribution in [1.29, 1.82) is 0 Å². The molecule has 1 N–H and O–H groups in total. The minimum absolute atomic E-state index is 0.776. The van der Waals surface area contributed by atoms with Gasteiger partial charge in [0.15, 0.2) is 0 Å². The van der Waals surface area contributed by atoms with Crippen LogP contribution in [0.15, 0.2) is 0 Å². The molecule has 1 aliphatic heterocycles. The third-order valence-electron chi connectivity index (χ3n) is 4.99. The van der Waals surface area contributed by atoms with E-state index in [0.717, 1.165) is 23.2 Å². The maximum absolute atomic E-state index is 3.59. The van der Waals surface area contributed by atoms with E-state index >= 15 is 0 Å². The van der Waals surface area contributed by atoms with Crippen LogP contribution in [0.2, 0.25) is 0 Å². The SMILES string of the molecule is CC1CNCC12C1CCCC2C1. The molecule has 1 saturated heterocycles. The van der Waals surface area contributed by atoms with Crippen molar-refractivity contribution in [2.75, 3.05) is 13.1 Å². The number of hydrogen-bond donors (Lipinski definition) is 1. The van der Waals surface area contributed by atoms with Crippen LogP contribution in [0.1, 0.15) is 32.6 Å². The van der Waals surface area contributed by atoms with Crippen molar-refractivity contribution < 1.29 is 0 Å². The lowest BCUT2D eigenvalue weighted by atomic mass is 9.44. The van der Waals surface area contributed by atoms with Crippen LogP contribution >= 0.6 is 0 Å². The van der Waals surface area contributed by atoms with Crippen molar-refractivity contribution in [3.05, 3.63) is 0 Å². The highest BCUT2D eigenvalue weighted by Crippen LogP contribution is 2.64. The monoisotopic (exact) mass is 165 g/mol. The first-order valence-corrected chi connectivity index (χ1v) is 5.55. The van der Waals surface area contributed by atoms with Gasteiger partial charge in [-0.3, -0.25) is 0 Å². The normalized spacial score (nSPS) is 57.2. The summed E-state index contributed by atoms with van der Waals surface area (Å²) in [4.78, 5) is 0. The molecule has 68 valence electrons. The zero-order valence-corrected chi connectivity index (χ0v) is 7.97. The molecule has 1 nitrogen and oxygen atoms in total. The van der Waals surface area contributed by atoms with Gasteiger partial charge in [0.2, 0.25) is 0 Å². The van der Waals surface area contributed by atoms with Crippen LogP contribution in [-0.4, -0.2) is 13.1 Å². The minimum Gasteiger partial charge on any atom is -0.316 e. The molecular formula is C11H19N. The zero-order chi connectivity index (χ0) is 8.18. The summed E-state index contributed by atoms with van der Waals surface area (Å²) in [6.45, 7) is 5.08. The van der Waals surface area contributed by atoms with Gasteiger partial charge in [-0.05, 0) is 49.0 Å². The van der Waals surface area contributed by atoms with E-state index in [4.69, 9.17) is 0 Å². The predicted molar refractivity (Wildman–Crippen MR) is 49.9 cm³/mol. The van der Waals surface area contributed by atoms with E-state index in [0.29, 0.717) is 0 Å². The largest absolute Gasteiger partial charge is 0.316 e. The van der Waals surface area contributed by atoms with Crippen molar-refractivity contribution in [1.82, 2.24) is 5.32 Å². The Hall–Kier alpha value is -0.0400. The van der Waals surface area contributed by atoms with Gasteiger partial charge in [0.1, 0.15) is 0 Å². The Balaban J connectivity index is 1.90. The quantitative estimate of drug-likeness (QED) is 0.579. The van der Waals surface area contributed by atoms with Crippen molar-refractivity contribution in [2.45, 2.75) is 32.6 Å². The minimum atomic E-state index is 0.776. The molecule has 3 rings (SSSR count). The number of rotatable bonds is 0. The number of nitrogens with one attached hydrogen (secondary N) is 1. The van der Waals surface area contributed by atoms with Crippen LogP contribution in [0.5, 0.6) is 0 Å². The highest BCUT2D eigenvalue weighted by atomic mass is 15.0. The summed E-state index contributed by atoms with van der Waals surface area (Å²) >= 11 is 0. The summed E-state index contributed by atoms with van der Waals surface area (Å²) < 4.78 is 0. The van der Waals surface area contributed by atoms with Gasteiger partial charge in [-0.1, -0.05) is 13.3 Å². The summed E-state index contributed by atoms with van der Waals surface area (Å²) in [5.41, 5.74) is 0.776. The van der Waals surface area contributed by atoms with Crippen LogP contribution in [0, 0.1) is 23.2 Å². The molecule has 0 aromatic rings. The standard InChI is InChI=1S/C11H19N/c1-8-6-12-7-11(8)9-3-2-4-10(11)5-9/h8-10,12H,2-7H2,1H3. The zero-order valence-electron chi connectivity index (χ0n) is 7.97. The highest BCUT2D eigenvalue weighted by Gasteiger charge is 2.60. The second-order valence-corrected chi connectivity index (χ2v) is 5.20. The average molecular weight is 165 g/mol. The van der Waals surface area contributed by atoms with Gasteiger partial charge in [-0.15, -0.1) is 0 Å². The molecule has 3 fully saturated rings. The molecule has 0 aromatic carbocycles. The molecule has 2 bridgehead atoms. The molecule has 2 saturated carbocycles. The predicted octanol–water partition coefficient (Wildman–Crippen LogP) is 2.03. The second kappa shape index (κ2) is 2.25. The van der Waals surface area contributed by atoms with Gasteiger partial charge in [-0.2, -0.15) is 0 Å². The first-order valence-electron chi connectivity index (χ1n) is 5.55. The van der Waals surface area contributed by atoms with Crippen LogP contribution in [-0.2, 0) is 0 Å². The maximum atomic E-state index is 3.59. The van der Waals surface area contributed by atoms with Gasteiger partial charge < -0.3 is 5.32 Å². The fourth-order valence-electron chi connectivity index (χ4n) is 4.30. The van der Waals surface area contributed by atoms with E-state index in [1.807, 2.05) is 0 Å². The smallest absolute Gasteiger partial charge is 0.00163 e. The Morgan fingerprint density at radius 1 is 1.25 bits per heavy atom. The van der Waals surface area contributed by atoms with Gasteiger partial charge >= 0.3 is 0 Å². The van der Waals surface area contributed by atoms with Gasteiger partial charge in [0.25, 0.3) is 0 Å². The molecule has 1 spiro atoms. The molecule has 3 atom stereocenters. The maximum Gasteiger partial charge on any atom is 0.00163 e. The summed E-state index contributed by atoms with van der Waals surface area (Å²) in [6, 6.07) is 0. The van der Waals surface area contributed by atoms with Crippen molar-refractivity contribution in [2.24, 2.45) is 23.2 Å². The third-order valence-corrected chi connectivity index (χ3v) is 4.99. The molecule has 2 aliphatic carbocycles. The molecule has 0 aromatic heterocycles. The Morgan fingerprint density at radius 3 is 2.50 bits per heavy atom. The molecule has 3 unspecified atom stereocenters. The first kappa shape index (κ1) is 7.37. The fraction of sp³-hybridized carbons (Fsp3) is 1.00. The molecule has 1 heterocycles. The average Bonchev–Trinajstić information content (AvgIpc) is 2.50. The van der Waals surface area contributed by atoms with Crippen LogP contribution in [0.4, 0.5) is 0 Å². The molecule has 0 radical (unpaired) electrons. The van der Waals surface area contributed by atoms with E-state index in [9.17, 15) is 0 Å². The van der Waals surface area contributed by atoms with E-state index in [1.54, 1.807) is 6.42 Å². The Morgan fingerprint density at radius 2 is 2.00 bits per heavy atom. The van der Waals surface area contributed by atoms with Crippen molar-refractivity contribution in [3.63, 3.8) is 0 Å². The fourth-order valence-corrected chi connectivity index (χ4v) is 4.30. The van der Waals surface area contributed by atoms with Gasteiger partial charge in [-0.25, -0.2) is 0 Å². The molecule has 12 heavy (non-hydrogen) atoms. The second-order valence-electron chi connectivity index (χ2n) is 5.20. The van der Waals surface area contributed by atoms with E-state index in [1.165, 1.54) is 32.4 Å². The van der Waals surface area contributed by atoms with Crippen molar-refractivity contribution >= 4 is 0 Å². The lowest BCUT2D eigenvalue weighted by molar-refractivity contribution is -0.106. The Labute approximate surface area is 74.9 Å². The van der Waals surface area contributed by atoms with Crippen LogP contribution in [0.25, 0.3) is 0 Å². The summed E-state index contributed by atoms with van der Waals surface area (Å²) in [7, 11) is 0. The summed E-state index contributed by atoms with van der Waals surface area (Å²) in [6.07, 6.45) is 6.14. The Bertz CT molecular complexity index is 185. The van der Waals surface area contributed by atoms with Crippen LogP contribution in [0.3, 0.4) is 0 Å². The third kappa shape index (κ3) is 0.654. The summed E-state index contributed by atoms with van der Waals surface area (Å²) in [5.74, 6) is 3.16. The summed E-state index contributed by atoms with van der Waals surface area (Å²) in [5, 5.41) is 3.59. The van der Waals surface area contributed by atoms with E-state index in [-0.39, 0.29) is 0 Å². The van der Waals surface area contributed by atoms with Crippen LogP contribution < -0.4 is 5.32 Å². The van der Waals surface area contributed by atoms with Gasteiger partial charge in [0.05, 0.1) is 0 Å². The van der Waals surface area contributed by atoms with E-state index < -0.39 is 0 Å². The highest BCUT2D eigenvalue weighted by molar-refractivity contribution is 5.11. The van der Waals surface area contributed by atoms with E-state index in [2.05, 4.69) is 12.2 Å². The van der Waals surface area contributed by atoms with Crippen molar-refractivity contribution in [3.8, 4) is 0 Å². The topological polar surface area (TPSA) is 12.0 Å². The molecular weight excluding hydrogens is 146 g/mol. The molecule has 0 amide bonds. The lowest BCUT2D eigenvalue weighted by Crippen LogP contribution is -2.56. The molecule has 3 aliphatic rings.